The van der Waals surface area contributed by atoms with Gasteiger partial charge in [-0.15, -0.1) is 0 Å². The molecule has 0 aliphatic rings. The molecule has 2 amide bonds. The number of benzene rings is 1. The van der Waals surface area contributed by atoms with Gasteiger partial charge in [-0.1, -0.05) is 37.7 Å². The van der Waals surface area contributed by atoms with Gasteiger partial charge in [0.1, 0.15) is 5.82 Å². The molecule has 112 valence electrons. The number of nitrogens with zero attached hydrogens (tertiary/aromatic N) is 2. The number of amides is 2. The van der Waals surface area contributed by atoms with E-state index in [9.17, 15) is 9.18 Å². The Balaban J connectivity index is 1.90. The summed E-state index contributed by atoms with van der Waals surface area (Å²) in [5.41, 5.74) is 0.119. The number of rotatable bonds is 5. The zero-order valence-corrected chi connectivity index (χ0v) is 13.2. The molecule has 1 heterocycles. The number of halogens is 1. The SMILES string of the molecule is CC(C)CSc1nsc(NC(=O)Nc2ccccc2F)n1. The molecule has 0 fully saturated rings. The van der Waals surface area contributed by atoms with E-state index in [1.165, 1.54) is 23.9 Å². The van der Waals surface area contributed by atoms with Crippen LogP contribution >= 0.6 is 23.3 Å². The topological polar surface area (TPSA) is 66.9 Å². The highest BCUT2D eigenvalue weighted by Gasteiger charge is 2.10. The minimum Gasteiger partial charge on any atom is -0.305 e. The first-order valence-electron chi connectivity index (χ1n) is 6.33. The first-order chi connectivity index (χ1) is 10.0. The van der Waals surface area contributed by atoms with Crippen LogP contribution in [-0.2, 0) is 0 Å². The van der Waals surface area contributed by atoms with E-state index in [0.717, 1.165) is 17.3 Å². The largest absolute Gasteiger partial charge is 0.325 e. The fourth-order valence-electron chi connectivity index (χ4n) is 1.37. The average molecular weight is 326 g/mol. The molecule has 8 heteroatoms. The van der Waals surface area contributed by atoms with E-state index in [2.05, 4.69) is 33.8 Å². The smallest absolute Gasteiger partial charge is 0.305 e. The Labute approximate surface area is 130 Å². The van der Waals surface area contributed by atoms with Crippen LogP contribution in [0.25, 0.3) is 0 Å². The van der Waals surface area contributed by atoms with Crippen molar-refractivity contribution in [3.05, 3.63) is 30.1 Å². The van der Waals surface area contributed by atoms with Crippen molar-refractivity contribution in [1.82, 2.24) is 9.36 Å². The number of thioether (sulfide) groups is 1. The highest BCUT2D eigenvalue weighted by atomic mass is 32.2. The number of carbonyl (C=O) groups excluding carboxylic acids is 1. The van der Waals surface area contributed by atoms with Crippen LogP contribution in [0.15, 0.2) is 29.4 Å². The molecule has 2 rings (SSSR count). The molecule has 0 saturated carbocycles. The summed E-state index contributed by atoms with van der Waals surface area (Å²) >= 11 is 2.64. The minimum atomic E-state index is -0.545. The van der Waals surface area contributed by atoms with E-state index < -0.39 is 11.8 Å². The molecule has 0 aliphatic carbocycles. The molecule has 1 aromatic carbocycles. The normalized spacial score (nSPS) is 10.7. The summed E-state index contributed by atoms with van der Waals surface area (Å²) in [6, 6.07) is 5.42. The van der Waals surface area contributed by atoms with Crippen LogP contribution in [0.5, 0.6) is 0 Å². The van der Waals surface area contributed by atoms with Crippen molar-refractivity contribution >= 4 is 40.1 Å². The second kappa shape index (κ2) is 7.37. The van der Waals surface area contributed by atoms with Crippen LogP contribution < -0.4 is 10.6 Å². The predicted octanol–water partition coefficient (Wildman–Crippen LogP) is 4.07. The number of hydrogen-bond donors (Lipinski definition) is 2. The van der Waals surface area contributed by atoms with Gasteiger partial charge in [-0.3, -0.25) is 5.32 Å². The molecule has 0 aliphatic heterocycles. The molecule has 2 N–H and O–H groups in total. The Hall–Kier alpha value is -1.67. The van der Waals surface area contributed by atoms with Crippen LogP contribution in [-0.4, -0.2) is 21.1 Å². The second-order valence-electron chi connectivity index (χ2n) is 4.65. The summed E-state index contributed by atoms with van der Waals surface area (Å²) < 4.78 is 17.5. The van der Waals surface area contributed by atoms with E-state index in [4.69, 9.17) is 0 Å². The summed E-state index contributed by atoms with van der Waals surface area (Å²) in [5, 5.41) is 5.98. The zero-order valence-electron chi connectivity index (χ0n) is 11.6. The number of hydrogen-bond acceptors (Lipinski definition) is 5. The van der Waals surface area contributed by atoms with Gasteiger partial charge >= 0.3 is 6.03 Å². The number of aromatic nitrogens is 2. The molecular formula is C13H15FN4OS2. The van der Waals surface area contributed by atoms with Crippen molar-refractivity contribution in [1.29, 1.82) is 0 Å². The Kier molecular flexibility index (Phi) is 5.51. The van der Waals surface area contributed by atoms with Crippen LogP contribution in [0.4, 0.5) is 20.0 Å². The maximum absolute atomic E-state index is 13.4. The molecular weight excluding hydrogens is 311 g/mol. The lowest BCUT2D eigenvalue weighted by molar-refractivity contribution is 0.262. The van der Waals surface area contributed by atoms with Crippen LogP contribution in [0.2, 0.25) is 0 Å². The molecule has 0 saturated heterocycles. The summed E-state index contributed by atoms with van der Waals surface area (Å²) in [4.78, 5) is 15.9. The summed E-state index contributed by atoms with van der Waals surface area (Å²) in [6.45, 7) is 4.22. The lowest BCUT2D eigenvalue weighted by atomic mass is 10.3. The predicted molar refractivity (Wildman–Crippen MR) is 84.5 cm³/mol. The van der Waals surface area contributed by atoms with Crippen molar-refractivity contribution in [2.75, 3.05) is 16.4 Å². The van der Waals surface area contributed by atoms with Crippen LogP contribution in [0.1, 0.15) is 13.8 Å². The van der Waals surface area contributed by atoms with Crippen LogP contribution in [0.3, 0.4) is 0 Å². The molecule has 0 atom stereocenters. The maximum atomic E-state index is 13.4. The number of para-hydroxylation sites is 1. The fourth-order valence-corrected chi connectivity index (χ4v) is 2.86. The van der Waals surface area contributed by atoms with E-state index in [0.29, 0.717) is 16.2 Å². The van der Waals surface area contributed by atoms with E-state index in [-0.39, 0.29) is 5.69 Å². The van der Waals surface area contributed by atoms with Crippen molar-refractivity contribution in [3.8, 4) is 0 Å². The monoisotopic (exact) mass is 326 g/mol. The first kappa shape index (κ1) is 15.7. The van der Waals surface area contributed by atoms with Gasteiger partial charge in [-0.25, -0.2) is 9.18 Å². The van der Waals surface area contributed by atoms with Gasteiger partial charge in [0, 0.05) is 17.3 Å². The quantitative estimate of drug-likeness (QED) is 0.813. The fraction of sp³-hybridized carbons (Fsp3) is 0.308. The second-order valence-corrected chi connectivity index (χ2v) is 6.38. The third kappa shape index (κ3) is 4.98. The Morgan fingerprint density at radius 3 is 2.86 bits per heavy atom. The van der Waals surface area contributed by atoms with Gasteiger partial charge in [0.2, 0.25) is 10.3 Å². The third-order valence-corrected chi connectivity index (χ3v) is 4.32. The zero-order chi connectivity index (χ0) is 15.2. The highest BCUT2D eigenvalue weighted by molar-refractivity contribution is 7.99. The molecule has 5 nitrogen and oxygen atoms in total. The lowest BCUT2D eigenvalue weighted by Crippen LogP contribution is -2.19. The van der Waals surface area contributed by atoms with E-state index in [1.54, 1.807) is 12.1 Å². The average Bonchev–Trinajstić information content (AvgIpc) is 2.86. The van der Waals surface area contributed by atoms with E-state index >= 15 is 0 Å². The number of carbonyl (C=O) groups is 1. The number of anilines is 2. The first-order valence-corrected chi connectivity index (χ1v) is 8.09. The van der Waals surface area contributed by atoms with Crippen molar-refractivity contribution in [3.63, 3.8) is 0 Å². The molecule has 0 unspecified atom stereocenters. The van der Waals surface area contributed by atoms with Crippen molar-refractivity contribution in [2.24, 2.45) is 5.92 Å². The van der Waals surface area contributed by atoms with Crippen LogP contribution in [0, 0.1) is 11.7 Å². The number of nitrogens with one attached hydrogen (secondary N) is 2. The summed E-state index contributed by atoms with van der Waals surface area (Å²) in [7, 11) is 0. The summed E-state index contributed by atoms with van der Waals surface area (Å²) in [5.74, 6) is 0.967. The van der Waals surface area contributed by atoms with Gasteiger partial charge < -0.3 is 5.32 Å². The summed E-state index contributed by atoms with van der Waals surface area (Å²) in [6.07, 6.45) is 0. The molecule has 0 radical (unpaired) electrons. The Morgan fingerprint density at radius 2 is 2.14 bits per heavy atom. The minimum absolute atomic E-state index is 0.119. The molecule has 0 bridgehead atoms. The van der Waals surface area contributed by atoms with E-state index in [1.807, 2.05) is 0 Å². The van der Waals surface area contributed by atoms with Gasteiger partial charge in [-0.05, 0) is 18.1 Å². The maximum Gasteiger partial charge on any atom is 0.325 e. The Morgan fingerprint density at radius 1 is 1.38 bits per heavy atom. The molecule has 21 heavy (non-hydrogen) atoms. The molecule has 2 aromatic rings. The highest BCUT2D eigenvalue weighted by Crippen LogP contribution is 2.22. The molecule has 0 spiro atoms. The molecule has 1 aromatic heterocycles. The van der Waals surface area contributed by atoms with Crippen molar-refractivity contribution < 1.29 is 9.18 Å². The Bertz CT molecular complexity index is 618. The van der Waals surface area contributed by atoms with Gasteiger partial charge in [0.15, 0.2) is 0 Å². The van der Waals surface area contributed by atoms with Gasteiger partial charge in [-0.2, -0.15) is 9.36 Å². The lowest BCUT2D eigenvalue weighted by Gasteiger charge is -2.05. The standard InChI is InChI=1S/C13H15FN4OS2/c1-8(2)7-20-13-17-12(21-18-13)16-11(19)15-10-6-4-3-5-9(10)14/h3-6,8H,7H2,1-2H3,(H2,15,16,17,18,19). The van der Waals surface area contributed by atoms with Crippen molar-refractivity contribution in [2.45, 2.75) is 19.0 Å². The van der Waals surface area contributed by atoms with Gasteiger partial charge in [0.25, 0.3) is 0 Å². The number of urea groups is 1. The third-order valence-electron chi connectivity index (χ3n) is 2.30. The van der Waals surface area contributed by atoms with Gasteiger partial charge in [0.05, 0.1) is 5.69 Å².